The summed E-state index contributed by atoms with van der Waals surface area (Å²) in [6, 6.07) is 0. The van der Waals surface area contributed by atoms with Gasteiger partial charge in [-0.2, -0.15) is 0 Å². The Kier molecular flexibility index (Phi) is 3.02. The molecular formula is C7H14F2N4. The van der Waals surface area contributed by atoms with E-state index in [1.807, 2.05) is 6.92 Å². The number of hydrogen-bond acceptors (Lipinski definition) is 2. The Morgan fingerprint density at radius 1 is 1.69 bits per heavy atom. The first-order valence-corrected chi connectivity index (χ1v) is 4.23. The second-order valence-corrected chi connectivity index (χ2v) is 2.97. The van der Waals surface area contributed by atoms with E-state index in [2.05, 4.69) is 10.4 Å². The van der Waals surface area contributed by atoms with Crippen LogP contribution >= 0.6 is 0 Å². The number of nitrogens with zero attached hydrogens (tertiary/aromatic N) is 2. The van der Waals surface area contributed by atoms with Crippen LogP contribution in [0.1, 0.15) is 13.3 Å². The summed E-state index contributed by atoms with van der Waals surface area (Å²) < 4.78 is 25.5. The molecule has 0 atom stereocenters. The van der Waals surface area contributed by atoms with Crippen molar-refractivity contribution in [3.8, 4) is 0 Å². The molecule has 0 radical (unpaired) electrons. The van der Waals surface area contributed by atoms with Crippen LogP contribution in [0.3, 0.4) is 0 Å². The summed E-state index contributed by atoms with van der Waals surface area (Å²) in [7, 11) is 0. The second-order valence-electron chi connectivity index (χ2n) is 2.97. The minimum Gasteiger partial charge on any atom is -0.336 e. The van der Waals surface area contributed by atoms with E-state index in [0.29, 0.717) is 19.0 Å². The molecule has 76 valence electrons. The number of hydrazine groups is 1. The van der Waals surface area contributed by atoms with E-state index < -0.39 is 5.92 Å². The zero-order valence-electron chi connectivity index (χ0n) is 7.56. The molecule has 3 N–H and O–H groups in total. The lowest BCUT2D eigenvalue weighted by Crippen LogP contribution is -2.44. The van der Waals surface area contributed by atoms with Crippen LogP contribution in [-0.4, -0.2) is 36.4 Å². The van der Waals surface area contributed by atoms with Crippen molar-refractivity contribution in [2.45, 2.75) is 19.3 Å². The topological polar surface area (TPSA) is 53.6 Å². The molecule has 6 heteroatoms. The van der Waals surface area contributed by atoms with Gasteiger partial charge in [0, 0.05) is 19.5 Å². The van der Waals surface area contributed by atoms with Crippen molar-refractivity contribution in [1.82, 2.24) is 10.3 Å². The number of aliphatic imine (C=N–C) groups is 1. The number of likely N-dealkylation sites (tertiary alicyclic amines) is 1. The van der Waals surface area contributed by atoms with E-state index in [0.717, 1.165) is 0 Å². The van der Waals surface area contributed by atoms with Gasteiger partial charge >= 0.3 is 0 Å². The highest BCUT2D eigenvalue weighted by molar-refractivity contribution is 5.79. The Hall–Kier alpha value is -0.910. The SMILES string of the molecule is CCN=C(NN)N1CCC(F)(F)C1. The molecule has 0 unspecified atom stereocenters. The highest BCUT2D eigenvalue weighted by Gasteiger charge is 2.39. The minimum absolute atomic E-state index is 0.128. The van der Waals surface area contributed by atoms with Crippen LogP contribution in [0.15, 0.2) is 4.99 Å². The van der Waals surface area contributed by atoms with Crippen LogP contribution in [0, 0.1) is 0 Å². The van der Waals surface area contributed by atoms with Crippen LogP contribution in [-0.2, 0) is 0 Å². The normalized spacial score (nSPS) is 22.2. The first-order valence-electron chi connectivity index (χ1n) is 4.23. The first kappa shape index (κ1) is 10.2. The van der Waals surface area contributed by atoms with Gasteiger partial charge in [0.1, 0.15) is 0 Å². The highest BCUT2D eigenvalue weighted by Crippen LogP contribution is 2.26. The lowest BCUT2D eigenvalue weighted by Gasteiger charge is -2.19. The lowest BCUT2D eigenvalue weighted by atomic mass is 10.3. The van der Waals surface area contributed by atoms with Gasteiger partial charge in [0.25, 0.3) is 5.92 Å². The Morgan fingerprint density at radius 2 is 2.38 bits per heavy atom. The summed E-state index contributed by atoms with van der Waals surface area (Å²) in [5, 5.41) is 0. The van der Waals surface area contributed by atoms with E-state index in [-0.39, 0.29) is 13.0 Å². The van der Waals surface area contributed by atoms with Gasteiger partial charge in [-0.15, -0.1) is 0 Å². The van der Waals surface area contributed by atoms with E-state index in [1.165, 1.54) is 4.90 Å². The van der Waals surface area contributed by atoms with Gasteiger partial charge in [-0.25, -0.2) is 14.6 Å². The van der Waals surface area contributed by atoms with Gasteiger partial charge in [-0.1, -0.05) is 0 Å². The van der Waals surface area contributed by atoms with Crippen molar-refractivity contribution in [3.05, 3.63) is 0 Å². The molecule has 1 fully saturated rings. The van der Waals surface area contributed by atoms with E-state index in [4.69, 9.17) is 5.84 Å². The highest BCUT2D eigenvalue weighted by atomic mass is 19.3. The number of rotatable bonds is 1. The molecule has 1 aliphatic rings. The minimum atomic E-state index is -2.61. The number of guanidine groups is 1. The maximum atomic E-state index is 12.8. The molecule has 0 aromatic heterocycles. The van der Waals surface area contributed by atoms with Gasteiger partial charge in [0.05, 0.1) is 6.54 Å². The van der Waals surface area contributed by atoms with Crippen LogP contribution in [0.4, 0.5) is 8.78 Å². The maximum Gasteiger partial charge on any atom is 0.267 e. The summed E-state index contributed by atoms with van der Waals surface area (Å²) in [6.45, 7) is 2.36. The summed E-state index contributed by atoms with van der Waals surface area (Å²) >= 11 is 0. The van der Waals surface area contributed by atoms with Crippen molar-refractivity contribution in [2.75, 3.05) is 19.6 Å². The molecule has 1 rings (SSSR count). The quantitative estimate of drug-likeness (QED) is 0.269. The molecule has 0 bridgehead atoms. The van der Waals surface area contributed by atoms with Gasteiger partial charge in [-0.3, -0.25) is 10.4 Å². The average Bonchev–Trinajstić information content (AvgIpc) is 2.42. The summed E-state index contributed by atoms with van der Waals surface area (Å²) in [6.07, 6.45) is -0.128. The maximum absolute atomic E-state index is 12.8. The van der Waals surface area contributed by atoms with Crippen LogP contribution in [0.25, 0.3) is 0 Å². The summed E-state index contributed by atoms with van der Waals surface area (Å²) in [4.78, 5) is 5.43. The van der Waals surface area contributed by atoms with E-state index in [1.54, 1.807) is 0 Å². The lowest BCUT2D eigenvalue weighted by molar-refractivity contribution is 0.0173. The molecular weight excluding hydrogens is 178 g/mol. The third kappa shape index (κ3) is 2.51. The zero-order valence-corrected chi connectivity index (χ0v) is 7.56. The van der Waals surface area contributed by atoms with Crippen molar-refractivity contribution < 1.29 is 8.78 Å². The van der Waals surface area contributed by atoms with Crippen molar-refractivity contribution in [1.29, 1.82) is 0 Å². The number of halogens is 2. The van der Waals surface area contributed by atoms with Crippen molar-refractivity contribution in [3.63, 3.8) is 0 Å². The molecule has 0 spiro atoms. The molecule has 0 saturated carbocycles. The Morgan fingerprint density at radius 3 is 2.77 bits per heavy atom. The fraction of sp³-hybridized carbons (Fsp3) is 0.857. The predicted molar refractivity (Wildman–Crippen MR) is 46.4 cm³/mol. The fourth-order valence-electron chi connectivity index (χ4n) is 1.30. The molecule has 1 aliphatic heterocycles. The standard InChI is InChI=1S/C7H14F2N4/c1-2-11-6(12-10)13-4-3-7(8,9)5-13/h2-5,10H2,1H3,(H,11,12). The van der Waals surface area contributed by atoms with Crippen LogP contribution in [0.5, 0.6) is 0 Å². The predicted octanol–water partition coefficient (Wildman–Crippen LogP) is 0.167. The van der Waals surface area contributed by atoms with E-state index in [9.17, 15) is 8.78 Å². The van der Waals surface area contributed by atoms with E-state index >= 15 is 0 Å². The molecule has 13 heavy (non-hydrogen) atoms. The molecule has 0 aromatic carbocycles. The third-order valence-corrected chi connectivity index (χ3v) is 1.91. The largest absolute Gasteiger partial charge is 0.336 e. The van der Waals surface area contributed by atoms with Crippen LogP contribution < -0.4 is 11.3 Å². The number of hydrogen-bond donors (Lipinski definition) is 2. The molecule has 1 heterocycles. The van der Waals surface area contributed by atoms with Crippen molar-refractivity contribution in [2.24, 2.45) is 10.8 Å². The molecule has 4 nitrogen and oxygen atoms in total. The fourth-order valence-corrected chi connectivity index (χ4v) is 1.30. The summed E-state index contributed by atoms with van der Waals surface area (Å²) in [5.74, 6) is 2.90. The number of nitrogens with two attached hydrogens (primary N) is 1. The van der Waals surface area contributed by atoms with Gasteiger partial charge in [0.2, 0.25) is 5.96 Å². The van der Waals surface area contributed by atoms with Crippen molar-refractivity contribution >= 4 is 5.96 Å². The average molecular weight is 192 g/mol. The second kappa shape index (κ2) is 3.87. The van der Waals surface area contributed by atoms with Gasteiger partial charge < -0.3 is 4.90 Å². The summed E-state index contributed by atoms with van der Waals surface area (Å²) in [5.41, 5.74) is 2.33. The monoisotopic (exact) mass is 192 g/mol. The zero-order chi connectivity index (χ0) is 9.90. The Labute approximate surface area is 75.8 Å². The van der Waals surface area contributed by atoms with Gasteiger partial charge in [-0.05, 0) is 6.92 Å². The smallest absolute Gasteiger partial charge is 0.267 e. The molecule has 0 aromatic rings. The Balaban J connectivity index is 2.58. The number of nitrogens with one attached hydrogen (secondary N) is 1. The third-order valence-electron chi connectivity index (χ3n) is 1.91. The molecule has 1 saturated heterocycles. The van der Waals surface area contributed by atoms with Gasteiger partial charge in [0.15, 0.2) is 0 Å². The first-order chi connectivity index (χ1) is 6.09. The van der Waals surface area contributed by atoms with Crippen LogP contribution in [0.2, 0.25) is 0 Å². The molecule has 0 amide bonds. The molecule has 0 aliphatic carbocycles. The Bertz CT molecular complexity index is 205. The number of alkyl halides is 2.